The third-order valence-corrected chi connectivity index (χ3v) is 3.44. The van der Waals surface area contributed by atoms with Gasteiger partial charge in [-0.05, 0) is 6.42 Å². The molecule has 4 nitrogen and oxygen atoms in total. The maximum absolute atomic E-state index is 11.2. The average molecular weight is 325 g/mol. The van der Waals surface area contributed by atoms with Gasteiger partial charge in [0.2, 0.25) is 5.91 Å². The average Bonchev–Trinajstić information content (AvgIpc) is 2.42. The molecule has 0 aromatic carbocycles. The Morgan fingerprint density at radius 3 is 1.67 bits per heavy atom. The van der Waals surface area contributed by atoms with Gasteiger partial charge in [0.05, 0.1) is 0 Å². The van der Waals surface area contributed by atoms with Crippen LogP contribution in [0.3, 0.4) is 0 Å². The van der Waals surface area contributed by atoms with Gasteiger partial charge in [-0.2, -0.15) is 0 Å². The normalized spacial score (nSPS) is 9.95. The number of rotatable bonds is 14. The van der Waals surface area contributed by atoms with E-state index < -0.39 is 5.97 Å². The van der Waals surface area contributed by atoms with Crippen LogP contribution in [0.5, 0.6) is 0 Å². The molecule has 0 fully saturated rings. The van der Waals surface area contributed by atoms with E-state index in [-0.39, 0.29) is 63.8 Å². The fourth-order valence-corrected chi connectivity index (χ4v) is 2.21. The minimum absolute atomic E-state index is 0. The third kappa shape index (κ3) is 20.6. The molecule has 0 saturated carbocycles. The molecule has 119 valence electrons. The second-order valence-electron chi connectivity index (χ2n) is 5.46. The van der Waals surface area contributed by atoms with E-state index in [9.17, 15) is 9.59 Å². The molecule has 0 aromatic rings. The molecule has 0 aromatic heterocycles. The van der Waals surface area contributed by atoms with E-state index in [1.165, 1.54) is 57.8 Å². The number of carboxylic acid groups (broad SMARTS) is 1. The molecule has 0 saturated heterocycles. The maximum Gasteiger partial charge on any atom is 0.322 e. The van der Waals surface area contributed by atoms with Crippen molar-refractivity contribution >= 4 is 63.3 Å². The molecule has 0 heterocycles. The minimum Gasteiger partial charge on any atom is -0.480 e. The number of carboxylic acids is 1. The van der Waals surface area contributed by atoms with Crippen molar-refractivity contribution in [3.63, 3.8) is 0 Å². The second kappa shape index (κ2) is 18.6. The van der Waals surface area contributed by atoms with Gasteiger partial charge in [-0.15, -0.1) is 0 Å². The summed E-state index contributed by atoms with van der Waals surface area (Å²) in [6.45, 7) is 1.97. The molecule has 1 amide bonds. The van der Waals surface area contributed by atoms with Crippen LogP contribution in [0.25, 0.3) is 0 Å². The summed E-state index contributed by atoms with van der Waals surface area (Å²) in [7, 11) is 0. The monoisotopic (exact) mass is 324 g/mol. The number of unbranched alkanes of at least 4 members (excludes halogenated alkanes) is 10. The van der Waals surface area contributed by atoms with Crippen molar-refractivity contribution in [1.82, 2.24) is 5.32 Å². The number of hydrogen-bond donors (Lipinski definition) is 2. The zero-order valence-corrected chi connectivity index (χ0v) is 17.1. The number of aliphatic carboxylic acids is 1. The fraction of sp³-hybridized carbons (Fsp3) is 0.875. The van der Waals surface area contributed by atoms with Crippen LogP contribution in [-0.2, 0) is 9.59 Å². The number of hydrogen-bond acceptors (Lipinski definition) is 2. The Morgan fingerprint density at radius 1 is 0.810 bits per heavy atom. The molecule has 21 heavy (non-hydrogen) atoms. The molecule has 0 spiro atoms. The van der Waals surface area contributed by atoms with E-state index in [0.717, 1.165) is 12.8 Å². The van der Waals surface area contributed by atoms with Crippen molar-refractivity contribution in [3.8, 4) is 0 Å². The van der Waals surface area contributed by atoms with Crippen LogP contribution in [0, 0.1) is 0 Å². The number of carbonyl (C=O) groups is 2. The molecule has 0 atom stereocenters. The second-order valence-corrected chi connectivity index (χ2v) is 5.46. The molecule has 5 heteroatoms. The van der Waals surface area contributed by atoms with E-state index in [2.05, 4.69) is 12.2 Å². The molecule has 0 bridgehead atoms. The molecule has 0 aliphatic heterocycles. The quantitative estimate of drug-likeness (QED) is 0.379. The summed E-state index contributed by atoms with van der Waals surface area (Å²) < 4.78 is 0. The first kappa shape index (κ1) is 23.8. The maximum atomic E-state index is 11.2. The molecule has 1 radical (unpaired) electrons. The number of amides is 1. The molecular formula is C16H31KNO3. The Hall–Kier alpha value is 0.576. The summed E-state index contributed by atoms with van der Waals surface area (Å²) in [5.41, 5.74) is 0. The number of carbonyl (C=O) groups excluding carboxylic acids is 1. The fourth-order valence-electron chi connectivity index (χ4n) is 2.21. The van der Waals surface area contributed by atoms with Crippen LogP contribution in [0.2, 0.25) is 0 Å². The Morgan fingerprint density at radius 2 is 1.24 bits per heavy atom. The zero-order valence-electron chi connectivity index (χ0n) is 14.0. The Bertz CT molecular complexity index is 260. The summed E-state index contributed by atoms with van der Waals surface area (Å²) in [5.74, 6) is -1.14. The van der Waals surface area contributed by atoms with E-state index in [1.54, 1.807) is 0 Å². The Labute approximate surface area is 172 Å². The smallest absolute Gasteiger partial charge is 0.322 e. The summed E-state index contributed by atoms with van der Waals surface area (Å²) in [5, 5.41) is 10.8. The van der Waals surface area contributed by atoms with E-state index in [4.69, 9.17) is 5.11 Å². The number of nitrogens with one attached hydrogen (secondary N) is 1. The van der Waals surface area contributed by atoms with Gasteiger partial charge in [-0.3, -0.25) is 9.59 Å². The predicted octanol–water partition coefficient (Wildman–Crippen LogP) is 3.51. The van der Waals surface area contributed by atoms with Crippen LogP contribution in [-0.4, -0.2) is 74.9 Å². The van der Waals surface area contributed by atoms with Gasteiger partial charge in [0.1, 0.15) is 6.54 Å². The summed E-state index contributed by atoms with van der Waals surface area (Å²) in [6, 6.07) is 0. The summed E-state index contributed by atoms with van der Waals surface area (Å²) in [4.78, 5) is 21.5. The van der Waals surface area contributed by atoms with Crippen LogP contribution in [0.4, 0.5) is 0 Å². The SMILES string of the molecule is CCCCCCCCCCCCCC(=O)NCC(=O)O.[K]. The van der Waals surface area contributed by atoms with Crippen LogP contribution in [0.15, 0.2) is 0 Å². The predicted molar refractivity (Wildman–Crippen MR) is 87.5 cm³/mol. The third-order valence-electron chi connectivity index (χ3n) is 3.44. The van der Waals surface area contributed by atoms with Gasteiger partial charge >= 0.3 is 5.97 Å². The minimum atomic E-state index is -0.989. The van der Waals surface area contributed by atoms with Crippen LogP contribution in [0.1, 0.15) is 84.0 Å². The van der Waals surface area contributed by atoms with Crippen LogP contribution < -0.4 is 5.32 Å². The van der Waals surface area contributed by atoms with E-state index >= 15 is 0 Å². The van der Waals surface area contributed by atoms with Gasteiger partial charge < -0.3 is 10.4 Å². The van der Waals surface area contributed by atoms with Crippen molar-refractivity contribution in [2.75, 3.05) is 6.54 Å². The molecule has 2 N–H and O–H groups in total. The van der Waals surface area contributed by atoms with Crippen molar-refractivity contribution in [2.24, 2.45) is 0 Å². The zero-order chi connectivity index (χ0) is 15.1. The molecular weight excluding hydrogens is 293 g/mol. The van der Waals surface area contributed by atoms with Crippen molar-refractivity contribution in [3.05, 3.63) is 0 Å². The van der Waals surface area contributed by atoms with E-state index in [0.29, 0.717) is 6.42 Å². The van der Waals surface area contributed by atoms with Gasteiger partial charge in [-0.1, -0.05) is 71.1 Å². The largest absolute Gasteiger partial charge is 0.480 e. The first-order chi connectivity index (χ1) is 9.66. The van der Waals surface area contributed by atoms with Crippen LogP contribution >= 0.6 is 0 Å². The van der Waals surface area contributed by atoms with Gasteiger partial charge in [0.15, 0.2) is 0 Å². The van der Waals surface area contributed by atoms with E-state index in [1.807, 2.05) is 0 Å². The van der Waals surface area contributed by atoms with Gasteiger partial charge in [0, 0.05) is 57.8 Å². The Kier molecular flexibility index (Phi) is 21.1. The van der Waals surface area contributed by atoms with Crippen molar-refractivity contribution in [1.29, 1.82) is 0 Å². The topological polar surface area (TPSA) is 66.4 Å². The van der Waals surface area contributed by atoms with Gasteiger partial charge in [0.25, 0.3) is 0 Å². The first-order valence-electron chi connectivity index (χ1n) is 8.15. The molecule has 0 unspecified atom stereocenters. The van der Waals surface area contributed by atoms with Crippen molar-refractivity contribution in [2.45, 2.75) is 84.0 Å². The first-order valence-corrected chi connectivity index (χ1v) is 8.15. The molecule has 0 aliphatic carbocycles. The summed E-state index contributed by atoms with van der Waals surface area (Å²) >= 11 is 0. The Balaban J connectivity index is 0. The summed E-state index contributed by atoms with van der Waals surface area (Å²) in [6.07, 6.45) is 14.2. The van der Waals surface area contributed by atoms with Crippen molar-refractivity contribution < 1.29 is 14.7 Å². The standard InChI is InChI=1S/C16H31NO3.K/c1-2-3-4-5-6-7-8-9-10-11-12-13-15(18)17-14-16(19)20;/h2-14H2,1H3,(H,17,18)(H,19,20);. The molecule has 0 aliphatic rings. The molecule has 0 rings (SSSR count). The van der Waals surface area contributed by atoms with Gasteiger partial charge in [-0.25, -0.2) is 0 Å².